The van der Waals surface area contributed by atoms with Gasteiger partial charge in [0.1, 0.15) is 18.2 Å². The quantitative estimate of drug-likeness (QED) is 0.847. The van der Waals surface area contributed by atoms with Crippen molar-refractivity contribution in [3.8, 4) is 5.75 Å². The van der Waals surface area contributed by atoms with Crippen molar-refractivity contribution in [2.45, 2.75) is 6.61 Å². The van der Waals surface area contributed by atoms with Crippen LogP contribution in [-0.4, -0.2) is 21.0 Å². The number of halogens is 1. The van der Waals surface area contributed by atoms with E-state index in [0.29, 0.717) is 11.4 Å². The van der Waals surface area contributed by atoms with Crippen molar-refractivity contribution in [3.05, 3.63) is 59.9 Å². The molecule has 0 saturated heterocycles. The second-order valence-corrected chi connectivity index (χ2v) is 3.85. The highest BCUT2D eigenvalue weighted by Crippen LogP contribution is 2.18. The molecule has 1 heterocycles. The number of carboxylic acids is 1. The van der Waals surface area contributed by atoms with Crippen molar-refractivity contribution in [2.24, 2.45) is 0 Å². The maximum Gasteiger partial charge on any atom is 0.328 e. The Hall–Kier alpha value is -2.76. The van der Waals surface area contributed by atoms with Gasteiger partial charge in [0.25, 0.3) is 0 Å². The Bertz CT molecular complexity index is 630. The summed E-state index contributed by atoms with van der Waals surface area (Å²) < 4.78 is 18.8. The first kappa shape index (κ1) is 13.7. The van der Waals surface area contributed by atoms with Crippen LogP contribution in [0.5, 0.6) is 5.75 Å². The first-order valence-electron chi connectivity index (χ1n) is 5.74. The van der Waals surface area contributed by atoms with E-state index in [1.165, 1.54) is 24.3 Å². The van der Waals surface area contributed by atoms with Gasteiger partial charge in [0, 0.05) is 24.5 Å². The van der Waals surface area contributed by atoms with E-state index in [1.54, 1.807) is 18.5 Å². The van der Waals surface area contributed by atoms with E-state index in [0.717, 1.165) is 6.08 Å². The lowest BCUT2D eigenvalue weighted by molar-refractivity contribution is -0.131. The summed E-state index contributed by atoms with van der Waals surface area (Å²) in [6, 6.07) is 5.64. The van der Waals surface area contributed by atoms with Gasteiger partial charge in [-0.25, -0.2) is 19.2 Å². The number of carboxylic acid groups (broad SMARTS) is 1. The number of rotatable bonds is 5. The molecule has 0 amide bonds. The van der Waals surface area contributed by atoms with Crippen LogP contribution in [0.1, 0.15) is 11.4 Å². The molecule has 1 aromatic carbocycles. The van der Waals surface area contributed by atoms with E-state index in [4.69, 9.17) is 9.84 Å². The van der Waals surface area contributed by atoms with Gasteiger partial charge in [0.15, 0.2) is 5.82 Å². The third kappa shape index (κ3) is 4.16. The number of aromatic nitrogens is 2. The molecule has 2 rings (SSSR count). The predicted octanol–water partition coefficient (Wildman–Crippen LogP) is 2.29. The van der Waals surface area contributed by atoms with E-state index >= 15 is 0 Å². The first-order valence-corrected chi connectivity index (χ1v) is 5.74. The number of benzene rings is 1. The van der Waals surface area contributed by atoms with Gasteiger partial charge < -0.3 is 9.84 Å². The molecule has 0 saturated carbocycles. The third-order valence-corrected chi connectivity index (χ3v) is 2.30. The minimum Gasteiger partial charge on any atom is -0.485 e. The fraction of sp³-hybridized carbons (Fsp3) is 0.0714. The van der Waals surface area contributed by atoms with Crippen LogP contribution in [0.15, 0.2) is 42.7 Å². The minimum atomic E-state index is -1.10. The highest BCUT2D eigenvalue weighted by atomic mass is 19.1. The number of ether oxygens (including phenoxy) is 1. The molecular weight excluding hydrogens is 263 g/mol. The Morgan fingerprint density at radius 1 is 1.30 bits per heavy atom. The van der Waals surface area contributed by atoms with Crippen LogP contribution in [0.2, 0.25) is 0 Å². The average molecular weight is 274 g/mol. The molecule has 1 N–H and O–H groups in total. The molecular formula is C14H11FN2O3. The van der Waals surface area contributed by atoms with E-state index in [9.17, 15) is 9.18 Å². The lowest BCUT2D eigenvalue weighted by atomic mass is 10.2. The molecule has 1 aromatic heterocycles. The van der Waals surface area contributed by atoms with Crippen LogP contribution < -0.4 is 4.74 Å². The molecule has 0 spiro atoms. The van der Waals surface area contributed by atoms with E-state index in [1.807, 2.05) is 0 Å². The van der Waals surface area contributed by atoms with Crippen LogP contribution >= 0.6 is 0 Å². The van der Waals surface area contributed by atoms with Gasteiger partial charge in [0.2, 0.25) is 0 Å². The van der Waals surface area contributed by atoms with Gasteiger partial charge in [-0.15, -0.1) is 0 Å². The molecule has 0 bridgehead atoms. The summed E-state index contributed by atoms with van der Waals surface area (Å²) >= 11 is 0. The van der Waals surface area contributed by atoms with Crippen molar-refractivity contribution in [1.29, 1.82) is 0 Å². The zero-order chi connectivity index (χ0) is 14.4. The summed E-state index contributed by atoms with van der Waals surface area (Å²) in [4.78, 5) is 18.4. The van der Waals surface area contributed by atoms with Crippen LogP contribution in [0, 0.1) is 5.82 Å². The summed E-state index contributed by atoms with van der Waals surface area (Å²) in [5.74, 6) is -0.863. The molecule has 102 valence electrons. The molecule has 0 radical (unpaired) electrons. The Labute approximate surface area is 114 Å². The van der Waals surface area contributed by atoms with Crippen LogP contribution in [0.4, 0.5) is 4.39 Å². The standard InChI is InChI=1S/C14H11FN2O3/c15-11-6-10(2-3-14(18)19)7-12(8-11)20-9-13-16-4-1-5-17-13/h1-8H,9H2,(H,18,19)/b3-2+. The second-order valence-electron chi connectivity index (χ2n) is 3.85. The smallest absolute Gasteiger partial charge is 0.328 e. The van der Waals surface area contributed by atoms with E-state index in [-0.39, 0.29) is 12.4 Å². The minimum absolute atomic E-state index is 0.104. The maximum atomic E-state index is 13.4. The van der Waals surface area contributed by atoms with Crippen LogP contribution in [0.3, 0.4) is 0 Å². The van der Waals surface area contributed by atoms with Crippen molar-refractivity contribution in [2.75, 3.05) is 0 Å². The summed E-state index contributed by atoms with van der Waals surface area (Å²) in [7, 11) is 0. The predicted molar refractivity (Wildman–Crippen MR) is 69.4 cm³/mol. The molecule has 5 nitrogen and oxygen atoms in total. The highest BCUT2D eigenvalue weighted by molar-refractivity contribution is 5.85. The first-order chi connectivity index (χ1) is 9.63. The van der Waals surface area contributed by atoms with Crippen molar-refractivity contribution in [1.82, 2.24) is 9.97 Å². The summed E-state index contributed by atoms with van der Waals surface area (Å²) in [5, 5.41) is 8.54. The highest BCUT2D eigenvalue weighted by Gasteiger charge is 2.02. The number of aliphatic carboxylic acids is 1. The van der Waals surface area contributed by atoms with E-state index in [2.05, 4.69) is 9.97 Å². The van der Waals surface area contributed by atoms with Gasteiger partial charge >= 0.3 is 5.97 Å². The molecule has 0 aliphatic carbocycles. The number of nitrogens with zero attached hydrogens (tertiary/aromatic N) is 2. The molecule has 20 heavy (non-hydrogen) atoms. The van der Waals surface area contributed by atoms with Gasteiger partial charge in [-0.3, -0.25) is 0 Å². The maximum absolute atomic E-state index is 13.4. The SMILES string of the molecule is O=C(O)/C=C/c1cc(F)cc(OCc2ncccn2)c1. The van der Waals surface area contributed by atoms with Gasteiger partial charge in [0.05, 0.1) is 0 Å². The topological polar surface area (TPSA) is 72.3 Å². The summed E-state index contributed by atoms with van der Waals surface area (Å²) in [6.45, 7) is 0.104. The van der Waals surface area contributed by atoms with Gasteiger partial charge in [-0.2, -0.15) is 0 Å². The molecule has 6 heteroatoms. The Morgan fingerprint density at radius 2 is 2.05 bits per heavy atom. The van der Waals surface area contributed by atoms with Gasteiger partial charge in [-0.05, 0) is 29.8 Å². The third-order valence-electron chi connectivity index (χ3n) is 2.30. The van der Waals surface area contributed by atoms with Crippen molar-refractivity contribution >= 4 is 12.0 Å². The fourth-order valence-corrected chi connectivity index (χ4v) is 1.48. The lowest BCUT2D eigenvalue weighted by Crippen LogP contribution is -2.00. The number of carbonyl (C=O) groups is 1. The average Bonchev–Trinajstić information content (AvgIpc) is 2.44. The monoisotopic (exact) mass is 274 g/mol. The zero-order valence-electron chi connectivity index (χ0n) is 10.4. The summed E-state index contributed by atoms with van der Waals surface area (Å²) in [6.07, 6.45) is 5.38. The molecule has 0 fully saturated rings. The second kappa shape index (κ2) is 6.42. The normalized spacial score (nSPS) is 10.7. The molecule has 0 aliphatic heterocycles. The Kier molecular flexibility index (Phi) is 4.39. The Morgan fingerprint density at radius 3 is 2.75 bits per heavy atom. The zero-order valence-corrected chi connectivity index (χ0v) is 10.4. The van der Waals surface area contributed by atoms with E-state index < -0.39 is 11.8 Å². The number of hydrogen-bond acceptors (Lipinski definition) is 4. The van der Waals surface area contributed by atoms with Crippen molar-refractivity contribution < 1.29 is 19.0 Å². The molecule has 0 atom stereocenters. The van der Waals surface area contributed by atoms with Gasteiger partial charge in [-0.1, -0.05) is 0 Å². The fourth-order valence-electron chi connectivity index (χ4n) is 1.48. The molecule has 0 unspecified atom stereocenters. The number of hydrogen-bond donors (Lipinski definition) is 1. The van der Waals surface area contributed by atoms with Crippen LogP contribution in [-0.2, 0) is 11.4 Å². The lowest BCUT2D eigenvalue weighted by Gasteiger charge is -2.06. The summed E-state index contributed by atoms with van der Waals surface area (Å²) in [5.41, 5.74) is 0.399. The Balaban J connectivity index is 2.10. The largest absolute Gasteiger partial charge is 0.485 e. The van der Waals surface area contributed by atoms with Crippen molar-refractivity contribution in [3.63, 3.8) is 0 Å². The van der Waals surface area contributed by atoms with Crippen LogP contribution in [0.25, 0.3) is 6.08 Å². The molecule has 0 aliphatic rings. The molecule has 2 aromatic rings.